The van der Waals surface area contributed by atoms with Gasteiger partial charge in [0, 0.05) is 11.1 Å². The molecule has 0 fully saturated rings. The predicted octanol–water partition coefficient (Wildman–Crippen LogP) is 3.05. The number of aromatic nitrogens is 2. The van der Waals surface area contributed by atoms with Crippen molar-refractivity contribution in [1.82, 2.24) is 9.78 Å². The van der Waals surface area contributed by atoms with Gasteiger partial charge in [-0.15, -0.1) is 0 Å². The number of nitrogens with zero attached hydrogens (tertiary/aromatic N) is 5. The second kappa shape index (κ2) is 5.29. The first-order chi connectivity index (χ1) is 6.81. The van der Waals surface area contributed by atoms with E-state index >= 15 is 0 Å². The second-order valence-electron chi connectivity index (χ2n) is 3.15. The summed E-state index contributed by atoms with van der Waals surface area (Å²) in [5.74, 6) is 0. The summed E-state index contributed by atoms with van der Waals surface area (Å²) in [6.07, 6.45) is 4.08. The van der Waals surface area contributed by atoms with Crippen LogP contribution in [0.25, 0.3) is 10.4 Å². The van der Waals surface area contributed by atoms with Gasteiger partial charge in [0.1, 0.15) is 0 Å². The van der Waals surface area contributed by atoms with E-state index < -0.39 is 0 Å². The highest BCUT2D eigenvalue weighted by molar-refractivity contribution is 4.99. The van der Waals surface area contributed by atoms with Crippen LogP contribution < -0.4 is 0 Å². The van der Waals surface area contributed by atoms with Crippen molar-refractivity contribution in [2.45, 2.75) is 39.3 Å². The highest BCUT2D eigenvalue weighted by Crippen LogP contribution is 2.14. The Hall–Kier alpha value is -1.48. The quantitative estimate of drug-likeness (QED) is 0.402. The molecule has 0 atom stereocenters. The van der Waals surface area contributed by atoms with Crippen molar-refractivity contribution in [1.29, 1.82) is 0 Å². The first-order valence-electron chi connectivity index (χ1n) is 4.86. The van der Waals surface area contributed by atoms with E-state index in [1.54, 1.807) is 0 Å². The van der Waals surface area contributed by atoms with Gasteiger partial charge in [0.25, 0.3) is 0 Å². The molecule has 1 heterocycles. The molecular formula is C9H15N5. The summed E-state index contributed by atoms with van der Waals surface area (Å²) in [4.78, 5) is 2.70. The number of hydrogen-bond acceptors (Lipinski definition) is 2. The summed E-state index contributed by atoms with van der Waals surface area (Å²) in [6, 6.07) is 2.35. The third kappa shape index (κ3) is 2.50. The molecule has 0 saturated heterocycles. The van der Waals surface area contributed by atoms with E-state index in [0.717, 1.165) is 18.5 Å². The van der Waals surface area contributed by atoms with Crippen LogP contribution in [0.15, 0.2) is 17.4 Å². The Morgan fingerprint density at radius 3 is 2.86 bits per heavy atom. The molecule has 0 unspecified atom stereocenters. The van der Waals surface area contributed by atoms with Gasteiger partial charge < -0.3 is 0 Å². The van der Waals surface area contributed by atoms with Crippen molar-refractivity contribution in [2.24, 2.45) is 5.11 Å². The first-order valence-corrected chi connectivity index (χ1v) is 4.86. The van der Waals surface area contributed by atoms with Gasteiger partial charge in [0.05, 0.1) is 18.3 Å². The highest BCUT2D eigenvalue weighted by Gasteiger charge is 2.06. The van der Waals surface area contributed by atoms with Crippen molar-refractivity contribution < 1.29 is 0 Å². The molecule has 0 aromatic carbocycles. The molecule has 14 heavy (non-hydrogen) atoms. The van der Waals surface area contributed by atoms with Crippen LogP contribution in [0.3, 0.4) is 0 Å². The molecule has 0 aliphatic carbocycles. The molecule has 0 aliphatic rings. The van der Waals surface area contributed by atoms with Gasteiger partial charge in [0.15, 0.2) is 0 Å². The van der Waals surface area contributed by atoms with Gasteiger partial charge in [-0.05, 0) is 24.4 Å². The van der Waals surface area contributed by atoms with Gasteiger partial charge in [0.2, 0.25) is 0 Å². The molecule has 0 spiro atoms. The van der Waals surface area contributed by atoms with Gasteiger partial charge >= 0.3 is 0 Å². The first kappa shape index (κ1) is 10.6. The standard InChI is InChI=1S/C9H15N5/c1-3-9(4-2)14-6-5-8(12-14)7-11-13-10/h5-6,9H,3-4,7H2,1-2H3. The number of rotatable bonds is 5. The molecular weight excluding hydrogens is 178 g/mol. The average Bonchev–Trinajstić information content (AvgIpc) is 2.65. The van der Waals surface area contributed by atoms with Crippen molar-refractivity contribution in [2.75, 3.05) is 0 Å². The fraction of sp³-hybridized carbons (Fsp3) is 0.667. The van der Waals surface area contributed by atoms with Crippen LogP contribution in [0.2, 0.25) is 0 Å². The van der Waals surface area contributed by atoms with Crippen molar-refractivity contribution in [3.05, 3.63) is 28.4 Å². The molecule has 0 bridgehead atoms. The molecule has 0 radical (unpaired) electrons. The van der Waals surface area contributed by atoms with E-state index in [-0.39, 0.29) is 0 Å². The number of hydrogen-bond donors (Lipinski definition) is 0. The van der Waals surface area contributed by atoms with Gasteiger partial charge in [-0.1, -0.05) is 19.0 Å². The minimum Gasteiger partial charge on any atom is -0.269 e. The topological polar surface area (TPSA) is 66.6 Å². The van der Waals surface area contributed by atoms with Crippen LogP contribution in [0.5, 0.6) is 0 Å². The molecule has 5 nitrogen and oxygen atoms in total. The highest BCUT2D eigenvalue weighted by atomic mass is 15.3. The lowest BCUT2D eigenvalue weighted by atomic mass is 10.2. The lowest BCUT2D eigenvalue weighted by molar-refractivity contribution is 0.425. The molecule has 1 rings (SSSR count). The van der Waals surface area contributed by atoms with Gasteiger partial charge in [-0.25, -0.2) is 0 Å². The monoisotopic (exact) mass is 193 g/mol. The third-order valence-corrected chi connectivity index (χ3v) is 2.28. The van der Waals surface area contributed by atoms with E-state index in [0.29, 0.717) is 12.6 Å². The number of azide groups is 1. The summed E-state index contributed by atoms with van der Waals surface area (Å²) in [5, 5.41) is 7.81. The lowest BCUT2D eigenvalue weighted by Gasteiger charge is -2.12. The Balaban J connectivity index is 2.70. The van der Waals surface area contributed by atoms with Gasteiger partial charge in [-0.3, -0.25) is 4.68 Å². The van der Waals surface area contributed by atoms with Crippen LogP contribution in [0.4, 0.5) is 0 Å². The Bertz CT molecular complexity index is 320. The van der Waals surface area contributed by atoms with Crippen LogP contribution in [-0.2, 0) is 6.54 Å². The summed E-state index contributed by atoms with van der Waals surface area (Å²) < 4.78 is 1.95. The molecule has 0 saturated carbocycles. The van der Waals surface area contributed by atoms with E-state index in [1.807, 2.05) is 16.9 Å². The van der Waals surface area contributed by atoms with Crippen molar-refractivity contribution in [3.63, 3.8) is 0 Å². The zero-order chi connectivity index (χ0) is 10.4. The molecule has 76 valence electrons. The van der Waals surface area contributed by atoms with E-state index in [4.69, 9.17) is 5.53 Å². The summed E-state index contributed by atoms with van der Waals surface area (Å²) in [7, 11) is 0. The zero-order valence-electron chi connectivity index (χ0n) is 8.59. The normalized spacial score (nSPS) is 10.2. The maximum Gasteiger partial charge on any atom is 0.0702 e. The van der Waals surface area contributed by atoms with E-state index in [2.05, 4.69) is 29.0 Å². The smallest absolute Gasteiger partial charge is 0.0702 e. The van der Waals surface area contributed by atoms with Crippen LogP contribution >= 0.6 is 0 Å². The molecule has 1 aromatic rings. The maximum atomic E-state index is 8.16. The Morgan fingerprint density at radius 2 is 2.29 bits per heavy atom. The van der Waals surface area contributed by atoms with Crippen LogP contribution in [0.1, 0.15) is 38.4 Å². The average molecular weight is 193 g/mol. The summed E-state index contributed by atoms with van der Waals surface area (Å²) in [6.45, 7) is 4.62. The maximum absolute atomic E-state index is 8.16. The van der Waals surface area contributed by atoms with E-state index in [1.165, 1.54) is 0 Å². The molecule has 0 amide bonds. The van der Waals surface area contributed by atoms with Crippen LogP contribution in [-0.4, -0.2) is 9.78 Å². The van der Waals surface area contributed by atoms with E-state index in [9.17, 15) is 0 Å². The Kier molecular flexibility index (Phi) is 4.01. The fourth-order valence-electron chi connectivity index (χ4n) is 1.43. The summed E-state index contributed by atoms with van der Waals surface area (Å²) >= 11 is 0. The van der Waals surface area contributed by atoms with Crippen molar-refractivity contribution >= 4 is 0 Å². The molecule has 0 N–H and O–H groups in total. The van der Waals surface area contributed by atoms with Gasteiger partial charge in [-0.2, -0.15) is 5.10 Å². The third-order valence-electron chi connectivity index (χ3n) is 2.28. The predicted molar refractivity (Wildman–Crippen MR) is 54.7 cm³/mol. The minimum absolute atomic E-state index is 0.337. The summed E-state index contributed by atoms with van der Waals surface area (Å²) in [5.41, 5.74) is 8.99. The largest absolute Gasteiger partial charge is 0.269 e. The van der Waals surface area contributed by atoms with Crippen LogP contribution in [0, 0.1) is 0 Å². The Morgan fingerprint density at radius 1 is 1.57 bits per heavy atom. The molecule has 5 heteroatoms. The SMILES string of the molecule is CCC(CC)n1ccc(CN=[N+]=[N-])n1. The second-order valence-corrected chi connectivity index (χ2v) is 3.15. The zero-order valence-corrected chi connectivity index (χ0v) is 8.59. The Labute approximate surface area is 83.4 Å². The van der Waals surface area contributed by atoms with Crippen molar-refractivity contribution in [3.8, 4) is 0 Å². The molecule has 0 aliphatic heterocycles. The lowest BCUT2D eigenvalue weighted by Crippen LogP contribution is -2.07. The minimum atomic E-state index is 0.337. The molecule has 1 aromatic heterocycles. The fourth-order valence-corrected chi connectivity index (χ4v) is 1.43.